The summed E-state index contributed by atoms with van der Waals surface area (Å²) < 4.78 is 63.9. The number of primary amides is 1. The van der Waals surface area contributed by atoms with Crippen molar-refractivity contribution in [2.45, 2.75) is 9.79 Å². The minimum atomic E-state index is -3.76. The monoisotopic (exact) mass is 1770 g/mol. The molecule has 0 radical (unpaired) electrons. The summed E-state index contributed by atoms with van der Waals surface area (Å²) >= 11 is 18.0. The van der Waals surface area contributed by atoms with Crippen LogP contribution in [0.2, 0.25) is 15.1 Å². The first-order valence-corrected chi connectivity index (χ1v) is 42.5. The number of nitrogens with zero attached hydrogens (tertiary/aromatic N) is 16. The highest BCUT2D eigenvalue weighted by Crippen LogP contribution is 2.36. The average molecular weight is 1770 g/mol. The van der Waals surface area contributed by atoms with Crippen molar-refractivity contribution < 1.29 is 45.8 Å². The van der Waals surface area contributed by atoms with Crippen molar-refractivity contribution in [2.75, 3.05) is 20.5 Å². The number of aromatic nitrogens is 16. The minimum absolute atomic E-state index is 0.0470. The zero-order chi connectivity index (χ0) is 88.4. The SMILES string of the molecule is COC(=O)n1nc(-c2cccnc2)cc1-c1ccc(Cl)cc1.COC(=O)n1nc(-c2cccnc2)cc1-c1ccc(O)cc1.CS(=O)(=O)c1ccc(-n2nc(-c3ccncc3)cc2-c2ccc(Cl)cc2)cc1.NC(=O)c1ccc(-c2cc(-c3cccnc3)nn2-c2ccccn2)cc1.NS(=O)(=O)c1ccc(-n2nc(-c3ccncc3)cc2-c2ccc(Cl)cc2)cc1. The number of nitrogens with two attached hydrogens (primary N) is 2. The predicted molar refractivity (Wildman–Crippen MR) is 482 cm³/mol. The number of carbonyl (C=O) groups is 3. The maximum Gasteiger partial charge on any atom is 0.434 e. The number of benzene rings is 7. The van der Waals surface area contributed by atoms with Crippen LogP contribution in [0.1, 0.15) is 10.4 Å². The molecule has 33 heteroatoms. The van der Waals surface area contributed by atoms with E-state index in [0.717, 1.165) is 95.5 Å². The molecule has 0 saturated heterocycles. The van der Waals surface area contributed by atoms with Crippen molar-refractivity contribution in [1.82, 2.24) is 78.8 Å². The van der Waals surface area contributed by atoms with Crippen LogP contribution in [0, 0.1) is 0 Å². The van der Waals surface area contributed by atoms with Gasteiger partial charge in [0.2, 0.25) is 15.9 Å². The van der Waals surface area contributed by atoms with Gasteiger partial charge in [0, 0.05) is 151 Å². The summed E-state index contributed by atoms with van der Waals surface area (Å²) in [5, 5.41) is 39.3. The number of hydrogen-bond acceptors (Lipinski definition) is 21. The van der Waals surface area contributed by atoms with Crippen LogP contribution in [0.3, 0.4) is 0 Å². The second-order valence-corrected chi connectivity index (χ2v) is 32.2. The minimum Gasteiger partial charge on any atom is -0.508 e. The van der Waals surface area contributed by atoms with E-state index < -0.39 is 38.0 Å². The number of halogens is 3. The fourth-order valence-corrected chi connectivity index (χ4v) is 14.2. The molecule has 0 aliphatic rings. The van der Waals surface area contributed by atoms with Gasteiger partial charge in [0.1, 0.15) is 5.75 Å². The van der Waals surface area contributed by atoms with Crippen LogP contribution in [0.25, 0.3) is 130 Å². The Hall–Kier alpha value is -15.6. The molecular formula is C93H71Cl3N18O10S2. The lowest BCUT2D eigenvalue weighted by Gasteiger charge is -2.08. The summed E-state index contributed by atoms with van der Waals surface area (Å²) in [6, 6.07) is 82.6. The van der Waals surface area contributed by atoms with Gasteiger partial charge in [-0.05, 0) is 224 Å². The molecule has 18 rings (SSSR count). The van der Waals surface area contributed by atoms with Crippen LogP contribution in [-0.2, 0) is 29.3 Å². The third-order valence-electron chi connectivity index (χ3n) is 18.9. The summed E-state index contributed by atoms with van der Waals surface area (Å²) in [4.78, 5) is 60.3. The molecule has 0 spiro atoms. The van der Waals surface area contributed by atoms with Crippen LogP contribution in [-0.4, -0.2) is 139 Å². The van der Waals surface area contributed by atoms with Crippen molar-refractivity contribution in [3.05, 3.63) is 368 Å². The third-order valence-corrected chi connectivity index (χ3v) is 21.7. The largest absolute Gasteiger partial charge is 0.508 e. The molecule has 1 amide bonds. The molecule has 126 heavy (non-hydrogen) atoms. The van der Waals surface area contributed by atoms with Crippen LogP contribution in [0.15, 0.2) is 357 Å². The molecule has 0 aliphatic heterocycles. The van der Waals surface area contributed by atoms with E-state index in [4.69, 9.17) is 70.4 Å². The van der Waals surface area contributed by atoms with E-state index in [1.165, 1.54) is 42.0 Å². The summed E-state index contributed by atoms with van der Waals surface area (Å²) in [5.74, 6) is 0.405. The van der Waals surface area contributed by atoms with Crippen molar-refractivity contribution in [3.63, 3.8) is 0 Å². The Morgan fingerprint density at radius 3 is 1.04 bits per heavy atom. The van der Waals surface area contributed by atoms with Gasteiger partial charge in [0.05, 0.1) is 92.3 Å². The maximum atomic E-state index is 12.0. The fraction of sp³-hybridized carbons (Fsp3) is 0.0323. The number of phenolic OH excluding ortho intramolecular Hbond substituents is 1. The number of carbonyl (C=O) groups excluding carboxylic acids is 3. The van der Waals surface area contributed by atoms with Crippen LogP contribution in [0.4, 0.5) is 9.59 Å². The van der Waals surface area contributed by atoms with Crippen LogP contribution < -0.4 is 10.9 Å². The molecule has 7 aromatic carbocycles. The van der Waals surface area contributed by atoms with Crippen molar-refractivity contribution in [1.29, 1.82) is 0 Å². The topological polar surface area (TPSA) is 377 Å². The first kappa shape index (κ1) is 86.8. The smallest absolute Gasteiger partial charge is 0.434 e. The maximum absolute atomic E-state index is 12.0. The molecule has 11 aromatic heterocycles. The van der Waals surface area contributed by atoms with Gasteiger partial charge in [-0.15, -0.1) is 0 Å². The number of sulfonamides is 1. The number of phenols is 1. The summed E-state index contributed by atoms with van der Waals surface area (Å²) in [5.41, 5.74) is 23.4. The van der Waals surface area contributed by atoms with Crippen LogP contribution in [0.5, 0.6) is 5.75 Å². The number of hydrogen-bond donors (Lipinski definition) is 3. The van der Waals surface area contributed by atoms with E-state index in [2.05, 4.69) is 40.1 Å². The predicted octanol–water partition coefficient (Wildman–Crippen LogP) is 18.5. The quantitative estimate of drug-likeness (QED) is 0.0808. The highest BCUT2D eigenvalue weighted by molar-refractivity contribution is 7.90. The molecule has 5 N–H and O–H groups in total. The van der Waals surface area contributed by atoms with Gasteiger partial charge in [0.15, 0.2) is 15.7 Å². The first-order chi connectivity index (χ1) is 60.9. The molecule has 626 valence electrons. The first-order valence-electron chi connectivity index (χ1n) is 37.9. The van der Waals surface area contributed by atoms with E-state index in [1.807, 2.05) is 170 Å². The number of sulfone groups is 1. The van der Waals surface area contributed by atoms with Crippen LogP contribution >= 0.6 is 34.8 Å². The molecule has 18 aromatic rings. The van der Waals surface area contributed by atoms with Crippen molar-refractivity contribution in [2.24, 2.45) is 10.9 Å². The Balaban J connectivity index is 0.000000128. The Labute approximate surface area is 736 Å². The standard InChI is InChI=1S/C21H16ClN3O2S.C20H15ClN4O2S.C20H15N5O.C16H12ClN3O2.C16H13N3O3/c1-28(26,27)19-8-6-18(7-9-19)25-21(16-2-4-17(22)5-3-16)14-20(24-25)15-10-12-23-13-11-15;21-16-3-1-15(2-4-16)20-13-19(14-9-11-23-12-10-14)24-25(20)17-5-7-18(8-6-17)28(22,26)27;21-20(26)15-8-6-14(7-9-15)18-12-17(16-4-3-10-22-13-16)24-25(18)19-5-1-2-11-23-19;1-22-16(21)20-15(11-4-6-13(17)7-5-11)9-14(19-20)12-3-2-8-18-10-12;1-22-16(21)19-15(11-4-6-13(20)7-5-11)9-14(18-19)12-3-2-8-17-10-12/h2-14H,1H3;1-13H,(H2,22,26,27);1-13H,(H2,21,26);2-10H,1H3;2-10,20H,1H3. The second kappa shape index (κ2) is 39.5. The van der Waals surface area contributed by atoms with E-state index in [0.29, 0.717) is 54.9 Å². The molecule has 0 fully saturated rings. The van der Waals surface area contributed by atoms with Gasteiger partial charge in [0.25, 0.3) is 0 Å². The Morgan fingerprint density at radius 1 is 0.349 bits per heavy atom. The number of aromatic hydroxyl groups is 1. The van der Waals surface area contributed by atoms with E-state index >= 15 is 0 Å². The highest BCUT2D eigenvalue weighted by Gasteiger charge is 2.23. The second-order valence-electron chi connectivity index (χ2n) is 27.3. The van der Waals surface area contributed by atoms with Gasteiger partial charge in [-0.3, -0.25) is 29.7 Å². The van der Waals surface area contributed by atoms with Crippen molar-refractivity contribution in [3.8, 4) is 136 Å². The normalized spacial score (nSPS) is 10.9. The molecule has 0 aliphatic carbocycles. The molecular weight excluding hydrogens is 1700 g/mol. The summed E-state index contributed by atoms with van der Waals surface area (Å²) in [7, 11) is -4.40. The number of pyridine rings is 6. The average Bonchev–Trinajstić information content (AvgIpc) is 1.61. The fourth-order valence-electron chi connectivity index (χ4n) is 12.6. The summed E-state index contributed by atoms with van der Waals surface area (Å²) in [6.07, 6.45) is 18.8. The number of rotatable bonds is 16. The summed E-state index contributed by atoms with van der Waals surface area (Å²) in [6.45, 7) is 0. The molecule has 0 bridgehead atoms. The lowest BCUT2D eigenvalue weighted by molar-refractivity contribution is 0.1000. The number of amides is 1. The molecule has 0 atom stereocenters. The lowest BCUT2D eigenvalue weighted by Crippen LogP contribution is -2.14. The van der Waals surface area contributed by atoms with Gasteiger partial charge < -0.3 is 20.3 Å². The Bertz CT molecular complexity index is 6700. The van der Waals surface area contributed by atoms with Gasteiger partial charge in [-0.2, -0.15) is 34.9 Å². The zero-order valence-electron chi connectivity index (χ0n) is 66.8. The van der Waals surface area contributed by atoms with Gasteiger partial charge in [-0.1, -0.05) is 89.4 Å². The lowest BCUT2D eigenvalue weighted by atomic mass is 10.1. The Kier molecular flexibility index (Phi) is 27.2. The number of primary sulfonamides is 1. The van der Waals surface area contributed by atoms with E-state index in [-0.39, 0.29) is 15.5 Å². The zero-order valence-corrected chi connectivity index (χ0v) is 70.7. The van der Waals surface area contributed by atoms with Gasteiger partial charge >= 0.3 is 12.2 Å². The number of ether oxygens (including phenoxy) is 2. The molecule has 0 saturated carbocycles. The third kappa shape index (κ3) is 21.3. The van der Waals surface area contributed by atoms with E-state index in [9.17, 15) is 36.3 Å². The van der Waals surface area contributed by atoms with Gasteiger partial charge in [-0.25, -0.2) is 50.6 Å². The Morgan fingerprint density at radius 2 is 0.690 bits per heavy atom. The highest BCUT2D eigenvalue weighted by atomic mass is 35.5. The van der Waals surface area contributed by atoms with Crippen molar-refractivity contribution >= 4 is 72.8 Å². The molecule has 11 heterocycles. The molecule has 28 nitrogen and oxygen atoms in total. The molecule has 0 unspecified atom stereocenters. The number of methoxy groups -OCH3 is 2. The van der Waals surface area contributed by atoms with E-state index in [1.54, 1.807) is 179 Å².